The predicted octanol–water partition coefficient (Wildman–Crippen LogP) is 3.04. The second-order valence-corrected chi connectivity index (χ2v) is 7.12. The highest BCUT2D eigenvalue weighted by Crippen LogP contribution is 2.37. The van der Waals surface area contributed by atoms with E-state index in [1.807, 2.05) is 12.4 Å². The van der Waals surface area contributed by atoms with Crippen LogP contribution in [0, 0.1) is 0 Å². The molecule has 2 fully saturated rings. The molecule has 20 heavy (non-hydrogen) atoms. The second kappa shape index (κ2) is 4.85. The first-order valence-corrected chi connectivity index (χ1v) is 7.69. The van der Waals surface area contributed by atoms with Gasteiger partial charge < -0.3 is 9.31 Å². The van der Waals surface area contributed by atoms with Crippen molar-refractivity contribution >= 4 is 12.6 Å². The normalized spacial score (nSPS) is 25.3. The van der Waals surface area contributed by atoms with Crippen LogP contribution in [0.5, 0.6) is 0 Å². The number of hydrogen-bond donors (Lipinski definition) is 0. The highest BCUT2D eigenvalue weighted by molar-refractivity contribution is 6.62. The third kappa shape index (κ3) is 2.40. The fourth-order valence-corrected chi connectivity index (χ4v) is 3.07. The van der Waals surface area contributed by atoms with Gasteiger partial charge in [-0.25, -0.2) is 0 Å². The fourth-order valence-electron chi connectivity index (χ4n) is 3.07. The van der Waals surface area contributed by atoms with Gasteiger partial charge in [-0.3, -0.25) is 4.98 Å². The molecule has 3 nitrogen and oxygen atoms in total. The third-order valence-corrected chi connectivity index (χ3v) is 5.13. The molecule has 0 aromatic carbocycles. The van der Waals surface area contributed by atoms with Gasteiger partial charge in [-0.15, -0.1) is 0 Å². The summed E-state index contributed by atoms with van der Waals surface area (Å²) in [7, 11) is -0.297. The molecule has 1 aromatic heterocycles. The van der Waals surface area contributed by atoms with Gasteiger partial charge in [0.05, 0.1) is 11.2 Å². The average molecular weight is 273 g/mol. The van der Waals surface area contributed by atoms with Crippen LogP contribution in [-0.4, -0.2) is 23.3 Å². The Morgan fingerprint density at radius 3 is 2.25 bits per heavy atom. The van der Waals surface area contributed by atoms with Crippen molar-refractivity contribution in [1.29, 1.82) is 0 Å². The maximum absolute atomic E-state index is 6.11. The Kier molecular flexibility index (Phi) is 3.42. The Balaban J connectivity index is 1.83. The molecule has 3 rings (SSSR count). The average Bonchev–Trinajstić information content (AvgIpc) is 2.97. The Morgan fingerprint density at radius 2 is 1.65 bits per heavy atom. The summed E-state index contributed by atoms with van der Waals surface area (Å²) in [4.78, 5) is 4.41. The highest BCUT2D eigenvalue weighted by Gasteiger charge is 2.51. The summed E-state index contributed by atoms with van der Waals surface area (Å²) >= 11 is 0. The first-order chi connectivity index (χ1) is 9.39. The topological polar surface area (TPSA) is 31.4 Å². The summed E-state index contributed by atoms with van der Waals surface area (Å²) in [5.41, 5.74) is 1.81. The molecule has 0 amide bonds. The zero-order valence-electron chi connectivity index (χ0n) is 13.0. The fraction of sp³-hybridized carbons (Fsp3) is 0.688. The minimum absolute atomic E-state index is 0.291. The Morgan fingerprint density at radius 1 is 1.05 bits per heavy atom. The Hall–Kier alpha value is -0.865. The highest BCUT2D eigenvalue weighted by atomic mass is 16.7. The van der Waals surface area contributed by atoms with E-state index in [1.54, 1.807) is 0 Å². The molecule has 0 bridgehead atoms. The van der Waals surface area contributed by atoms with E-state index >= 15 is 0 Å². The smallest absolute Gasteiger partial charge is 0.399 e. The third-order valence-electron chi connectivity index (χ3n) is 5.13. The van der Waals surface area contributed by atoms with Crippen molar-refractivity contribution in [2.24, 2.45) is 0 Å². The number of pyridine rings is 1. The van der Waals surface area contributed by atoms with Crippen molar-refractivity contribution < 1.29 is 9.31 Å². The molecule has 0 N–H and O–H groups in total. The van der Waals surface area contributed by atoms with Crippen LogP contribution in [-0.2, 0) is 9.31 Å². The van der Waals surface area contributed by atoms with Gasteiger partial charge in [0.25, 0.3) is 0 Å². The molecular weight excluding hydrogens is 249 g/mol. The quantitative estimate of drug-likeness (QED) is 0.776. The molecule has 1 saturated heterocycles. The number of rotatable bonds is 2. The first kappa shape index (κ1) is 14.1. The zero-order chi connectivity index (χ0) is 14.4. The standard InChI is InChI=1S/C16H24BNO2/c1-15(2)16(3,4)20-17(19-15)14-9-13(10-18-11-14)12-7-5-6-8-12/h9-12H,5-8H2,1-4H3. The van der Waals surface area contributed by atoms with Crippen LogP contribution in [0.4, 0.5) is 0 Å². The largest absolute Gasteiger partial charge is 0.496 e. The monoisotopic (exact) mass is 273 g/mol. The van der Waals surface area contributed by atoms with E-state index in [1.165, 1.54) is 31.2 Å². The molecule has 1 saturated carbocycles. The lowest BCUT2D eigenvalue weighted by Gasteiger charge is -2.32. The minimum atomic E-state index is -0.297. The van der Waals surface area contributed by atoms with Crippen molar-refractivity contribution in [2.45, 2.75) is 70.5 Å². The minimum Gasteiger partial charge on any atom is -0.399 e. The SMILES string of the molecule is CC1(C)OB(c2cncc(C3CCCC3)c2)OC1(C)C. The van der Waals surface area contributed by atoms with E-state index in [0.29, 0.717) is 5.92 Å². The lowest BCUT2D eigenvalue weighted by atomic mass is 9.78. The van der Waals surface area contributed by atoms with E-state index in [0.717, 1.165) is 5.46 Å². The lowest BCUT2D eigenvalue weighted by molar-refractivity contribution is 0.00578. The summed E-state index contributed by atoms with van der Waals surface area (Å²) in [6, 6.07) is 2.23. The van der Waals surface area contributed by atoms with Crippen LogP contribution < -0.4 is 5.46 Å². The van der Waals surface area contributed by atoms with Crippen molar-refractivity contribution in [2.75, 3.05) is 0 Å². The van der Waals surface area contributed by atoms with Gasteiger partial charge in [-0.05, 0) is 52.0 Å². The second-order valence-electron chi connectivity index (χ2n) is 7.12. The molecule has 0 atom stereocenters. The van der Waals surface area contributed by atoms with E-state index < -0.39 is 0 Å². The van der Waals surface area contributed by atoms with Crippen molar-refractivity contribution in [3.63, 3.8) is 0 Å². The summed E-state index contributed by atoms with van der Waals surface area (Å²) in [5, 5.41) is 0. The van der Waals surface area contributed by atoms with E-state index in [2.05, 4.69) is 38.7 Å². The van der Waals surface area contributed by atoms with Crippen LogP contribution in [0.15, 0.2) is 18.5 Å². The molecular formula is C16H24BNO2. The van der Waals surface area contributed by atoms with Gasteiger partial charge in [0.15, 0.2) is 0 Å². The van der Waals surface area contributed by atoms with Gasteiger partial charge >= 0.3 is 7.12 Å². The molecule has 1 aliphatic heterocycles. The van der Waals surface area contributed by atoms with E-state index in [4.69, 9.17) is 9.31 Å². The maximum atomic E-state index is 6.11. The molecule has 1 aromatic rings. The van der Waals surface area contributed by atoms with Crippen LogP contribution in [0.25, 0.3) is 0 Å². The number of hydrogen-bond acceptors (Lipinski definition) is 3. The van der Waals surface area contributed by atoms with E-state index in [9.17, 15) is 0 Å². The molecule has 0 radical (unpaired) electrons. The summed E-state index contributed by atoms with van der Waals surface area (Å²) in [5.74, 6) is 0.671. The molecule has 108 valence electrons. The maximum Gasteiger partial charge on any atom is 0.496 e. The summed E-state index contributed by atoms with van der Waals surface area (Å²) < 4.78 is 12.2. The van der Waals surface area contributed by atoms with Crippen LogP contribution in [0.1, 0.15) is 64.9 Å². The van der Waals surface area contributed by atoms with Crippen molar-refractivity contribution in [3.8, 4) is 0 Å². The molecule has 1 aliphatic carbocycles. The van der Waals surface area contributed by atoms with Gasteiger partial charge in [0.2, 0.25) is 0 Å². The van der Waals surface area contributed by atoms with Crippen LogP contribution in [0.3, 0.4) is 0 Å². The van der Waals surface area contributed by atoms with Gasteiger partial charge in [-0.1, -0.05) is 18.9 Å². The molecule has 0 spiro atoms. The van der Waals surface area contributed by atoms with Crippen molar-refractivity contribution in [3.05, 3.63) is 24.0 Å². The molecule has 2 heterocycles. The van der Waals surface area contributed by atoms with Crippen LogP contribution >= 0.6 is 0 Å². The number of nitrogens with zero attached hydrogens (tertiary/aromatic N) is 1. The van der Waals surface area contributed by atoms with E-state index in [-0.39, 0.29) is 18.3 Å². The molecule has 0 unspecified atom stereocenters. The zero-order valence-corrected chi connectivity index (χ0v) is 13.0. The molecule has 4 heteroatoms. The number of aromatic nitrogens is 1. The lowest BCUT2D eigenvalue weighted by Crippen LogP contribution is -2.41. The van der Waals surface area contributed by atoms with Crippen molar-refractivity contribution in [1.82, 2.24) is 4.98 Å². The predicted molar refractivity (Wildman–Crippen MR) is 81.2 cm³/mol. The Labute approximate surface area is 122 Å². The van der Waals surface area contributed by atoms with Crippen LogP contribution in [0.2, 0.25) is 0 Å². The van der Waals surface area contributed by atoms with Gasteiger partial charge in [0, 0.05) is 17.9 Å². The van der Waals surface area contributed by atoms with Gasteiger partial charge in [-0.2, -0.15) is 0 Å². The molecule has 2 aliphatic rings. The Bertz CT molecular complexity index is 479. The summed E-state index contributed by atoms with van der Waals surface area (Å²) in [6.07, 6.45) is 9.13. The van der Waals surface area contributed by atoms with Gasteiger partial charge in [0.1, 0.15) is 0 Å². The summed E-state index contributed by atoms with van der Waals surface area (Å²) in [6.45, 7) is 8.34. The first-order valence-electron chi connectivity index (χ1n) is 7.69.